The molecule has 6 atom stereocenters. The average Bonchev–Trinajstić information content (AvgIpc) is 3.93. The van der Waals surface area contributed by atoms with Crippen LogP contribution in [-0.2, 0) is 14.3 Å². The summed E-state index contributed by atoms with van der Waals surface area (Å²) < 4.78 is 25.7. The van der Waals surface area contributed by atoms with Crippen molar-refractivity contribution in [2.24, 2.45) is 22.9 Å². The van der Waals surface area contributed by atoms with Crippen molar-refractivity contribution >= 4 is 11.8 Å². The number of aliphatic hydroxyl groups excluding tert-OH is 2. The number of allylic oxidation sites excluding steroid dienone is 1. The second-order valence-corrected chi connectivity index (χ2v) is 13.3. The van der Waals surface area contributed by atoms with Gasteiger partial charge in [0.05, 0.1) is 25.3 Å². The van der Waals surface area contributed by atoms with Gasteiger partial charge in [-0.1, -0.05) is 37.1 Å². The molecule has 2 aliphatic carbocycles. The van der Waals surface area contributed by atoms with Crippen LogP contribution in [0.1, 0.15) is 69.8 Å². The van der Waals surface area contributed by atoms with Crippen LogP contribution in [0.3, 0.4) is 0 Å². The maximum Gasteiger partial charge on any atom is 0.409 e. The van der Waals surface area contributed by atoms with Crippen LogP contribution in [0.2, 0.25) is 0 Å². The van der Waals surface area contributed by atoms with E-state index in [0.29, 0.717) is 38.2 Å². The second-order valence-electron chi connectivity index (χ2n) is 13.3. The Hall–Kier alpha value is -3.12. The largest absolute Gasteiger partial charge is 0.492 e. The predicted octanol–water partition coefficient (Wildman–Crippen LogP) is 5.12. The first kappa shape index (κ1) is 36.2. The lowest BCUT2D eigenvalue weighted by Gasteiger charge is -2.59. The van der Waals surface area contributed by atoms with Crippen LogP contribution in [-0.4, -0.2) is 110 Å². The summed E-state index contributed by atoms with van der Waals surface area (Å²) in [5.74, 6) is 0.126. The molecule has 0 bridgehead atoms. The Kier molecular flexibility index (Phi) is 12.8. The van der Waals surface area contributed by atoms with Crippen LogP contribution >= 0.6 is 0 Å². The summed E-state index contributed by atoms with van der Waals surface area (Å²) in [5.41, 5.74) is 2.82. The van der Waals surface area contributed by atoms with Gasteiger partial charge in [0.1, 0.15) is 31.3 Å². The number of carbonyl (C=O) groups excluding carboxylic acids is 1. The van der Waals surface area contributed by atoms with Gasteiger partial charge in [-0.2, -0.15) is 0 Å². The molecule has 6 unspecified atom stereocenters. The van der Waals surface area contributed by atoms with Gasteiger partial charge in [-0.05, 0) is 67.7 Å². The minimum atomic E-state index is -1.28. The summed E-state index contributed by atoms with van der Waals surface area (Å²) >= 11 is 0. The third kappa shape index (κ3) is 7.69. The van der Waals surface area contributed by atoms with Gasteiger partial charge in [0.15, 0.2) is 0 Å². The molecule has 5 rings (SSSR count). The maximum absolute atomic E-state index is 13.5. The number of rotatable bonds is 19. The van der Waals surface area contributed by atoms with Gasteiger partial charge in [0, 0.05) is 57.3 Å². The highest BCUT2D eigenvalue weighted by molar-refractivity contribution is 6.02. The first-order valence-electron chi connectivity index (χ1n) is 17.8. The van der Waals surface area contributed by atoms with Crippen molar-refractivity contribution in [2.75, 3.05) is 66.8 Å². The lowest BCUT2D eigenvalue weighted by Crippen LogP contribution is -2.70. The van der Waals surface area contributed by atoms with Crippen LogP contribution < -0.4 is 9.47 Å². The molecule has 1 aromatic carbocycles. The van der Waals surface area contributed by atoms with E-state index in [2.05, 4.69) is 28.8 Å². The number of aliphatic hydroxyl groups is 2. The molecule has 1 amide bonds. The van der Waals surface area contributed by atoms with E-state index in [1.165, 1.54) is 7.11 Å². The number of benzene rings is 1. The highest BCUT2D eigenvalue weighted by Gasteiger charge is 2.65. The van der Waals surface area contributed by atoms with Gasteiger partial charge in [0.25, 0.3) is 0 Å². The Morgan fingerprint density at radius 2 is 1.94 bits per heavy atom. The van der Waals surface area contributed by atoms with E-state index in [4.69, 9.17) is 23.8 Å². The van der Waals surface area contributed by atoms with Crippen LogP contribution in [0.4, 0.5) is 4.79 Å². The molecule has 266 valence electrons. The third-order valence-electron chi connectivity index (χ3n) is 10.3. The molecular weight excluding hydrogens is 614 g/mol. The minimum Gasteiger partial charge on any atom is -0.492 e. The lowest BCUT2D eigenvalue weighted by molar-refractivity contribution is -0.255. The zero-order valence-electron chi connectivity index (χ0n) is 29.0. The molecule has 2 aliphatic heterocycles. The summed E-state index contributed by atoms with van der Waals surface area (Å²) in [4.78, 5) is 23.0. The fourth-order valence-corrected chi connectivity index (χ4v) is 8.17. The van der Waals surface area contributed by atoms with Gasteiger partial charge < -0.3 is 34.0 Å². The molecule has 11 heteroatoms. The molecule has 0 radical (unpaired) electrons. The zero-order chi connectivity index (χ0) is 34.1. The first-order chi connectivity index (χ1) is 23.5. The highest BCUT2D eigenvalue weighted by Crippen LogP contribution is 2.61. The van der Waals surface area contributed by atoms with Crippen molar-refractivity contribution in [1.82, 2.24) is 9.80 Å². The van der Waals surface area contributed by atoms with Crippen LogP contribution in [0.5, 0.6) is 11.5 Å². The fraction of sp³-hybridized carbons (Fsp3) is 0.676. The van der Waals surface area contributed by atoms with E-state index in [9.17, 15) is 15.0 Å². The van der Waals surface area contributed by atoms with E-state index in [0.717, 1.165) is 74.3 Å². The smallest absolute Gasteiger partial charge is 0.409 e. The van der Waals surface area contributed by atoms with E-state index >= 15 is 0 Å². The number of fused-ring (bicyclic) bond motifs is 2. The number of unbranched alkanes of at least 4 members (excludes halogenated alkanes) is 2. The molecule has 2 fully saturated rings. The Balaban J connectivity index is 1.72. The molecule has 2 heterocycles. The van der Waals surface area contributed by atoms with E-state index in [1.54, 1.807) is 18.1 Å². The molecule has 1 saturated heterocycles. The molecule has 0 aromatic heterocycles. The molecule has 1 saturated carbocycles. The average molecular weight is 670 g/mol. The minimum absolute atomic E-state index is 0.0851. The second kappa shape index (κ2) is 17.0. The quantitative estimate of drug-likeness (QED) is 0.0895. The summed E-state index contributed by atoms with van der Waals surface area (Å²) in [5, 5.41) is 24.0. The van der Waals surface area contributed by atoms with Gasteiger partial charge in [-0.25, -0.2) is 4.79 Å². The normalized spacial score (nSPS) is 28.1. The van der Waals surface area contributed by atoms with Crippen molar-refractivity contribution < 1.29 is 38.8 Å². The SMILES string of the molecule is C=CCOC12Oc3ccc(OCCN4CC4)cc3C3C(CCCCO)C(CCCCO)C=C(C(=NOC)CC1N(CCC)C(=O)OC)C32. The van der Waals surface area contributed by atoms with Gasteiger partial charge in [0.2, 0.25) is 5.79 Å². The Morgan fingerprint density at radius 1 is 1.17 bits per heavy atom. The van der Waals surface area contributed by atoms with E-state index in [-0.39, 0.29) is 43.5 Å². The van der Waals surface area contributed by atoms with Crippen LogP contribution in [0.25, 0.3) is 0 Å². The Morgan fingerprint density at radius 3 is 2.60 bits per heavy atom. The van der Waals surface area contributed by atoms with E-state index < -0.39 is 17.9 Å². The van der Waals surface area contributed by atoms with Gasteiger partial charge >= 0.3 is 6.09 Å². The lowest BCUT2D eigenvalue weighted by atomic mass is 9.55. The van der Waals surface area contributed by atoms with Crippen molar-refractivity contribution in [1.29, 1.82) is 0 Å². The van der Waals surface area contributed by atoms with Crippen molar-refractivity contribution in [3.63, 3.8) is 0 Å². The molecule has 48 heavy (non-hydrogen) atoms. The van der Waals surface area contributed by atoms with Crippen LogP contribution in [0.15, 0.2) is 47.7 Å². The number of ether oxygens (including phenoxy) is 4. The van der Waals surface area contributed by atoms with Gasteiger partial charge in [-0.15, -0.1) is 6.58 Å². The molecular formula is C37H55N3O8. The molecule has 4 aliphatic rings. The Labute approximate surface area is 285 Å². The third-order valence-corrected chi connectivity index (χ3v) is 10.3. The number of nitrogens with zero attached hydrogens (tertiary/aromatic N) is 3. The number of amides is 1. The predicted molar refractivity (Wildman–Crippen MR) is 183 cm³/mol. The summed E-state index contributed by atoms with van der Waals surface area (Å²) in [6.45, 7) is 10.7. The number of methoxy groups -OCH3 is 1. The zero-order valence-corrected chi connectivity index (χ0v) is 29.0. The topological polar surface area (TPSA) is 122 Å². The number of hydrogen-bond donors (Lipinski definition) is 2. The van der Waals surface area contributed by atoms with E-state index in [1.807, 2.05) is 19.1 Å². The van der Waals surface area contributed by atoms with Crippen molar-refractivity contribution in [2.45, 2.75) is 76.0 Å². The molecule has 1 aromatic rings. The fourth-order valence-electron chi connectivity index (χ4n) is 8.17. The van der Waals surface area contributed by atoms with Crippen molar-refractivity contribution in [3.8, 4) is 11.5 Å². The highest BCUT2D eigenvalue weighted by atomic mass is 16.7. The molecule has 11 nitrogen and oxygen atoms in total. The maximum atomic E-state index is 13.5. The standard InChI is InChI=1S/C37H55N3O8/c1-5-15-40(36(43)44-3)33-25-31(38-45-4)29-23-26(11-7-9-19-41)28(12-8-10-20-42)34-30-24-27(46-22-18-39-16-17-39)13-14-32(30)48-37(33,35(29)34)47-21-6-2/h6,13-14,23-24,26,28,33-35,41-42H,2,5,7-12,15-22,25H2,1,3-4H3. The summed E-state index contributed by atoms with van der Waals surface area (Å²) in [7, 11) is 2.95. The Bertz CT molecular complexity index is 1300. The van der Waals surface area contributed by atoms with Crippen molar-refractivity contribution in [3.05, 3.63) is 48.1 Å². The summed E-state index contributed by atoms with van der Waals surface area (Å²) in [6, 6.07) is 5.50. The number of hydrogen-bond acceptors (Lipinski definition) is 10. The molecule has 0 spiro atoms. The number of carbonyl (C=O) groups is 1. The summed E-state index contributed by atoms with van der Waals surface area (Å²) in [6.07, 6.45) is 9.61. The number of oxime groups is 1. The monoisotopic (exact) mass is 669 g/mol. The van der Waals surface area contributed by atoms with Gasteiger partial charge in [-0.3, -0.25) is 9.80 Å². The van der Waals surface area contributed by atoms with Crippen LogP contribution in [0, 0.1) is 17.8 Å². The molecule has 2 N–H and O–H groups in total. The first-order valence-corrected chi connectivity index (χ1v) is 17.8.